The number of amides is 1. The van der Waals surface area contributed by atoms with Crippen molar-refractivity contribution in [3.05, 3.63) is 47.3 Å². The summed E-state index contributed by atoms with van der Waals surface area (Å²) in [6.07, 6.45) is 1.00. The van der Waals surface area contributed by atoms with Crippen LogP contribution in [0.3, 0.4) is 0 Å². The first kappa shape index (κ1) is 16.9. The number of hydrogen-bond donors (Lipinski definition) is 2. The summed E-state index contributed by atoms with van der Waals surface area (Å²) in [5.41, 5.74) is 3.31. The van der Waals surface area contributed by atoms with E-state index in [9.17, 15) is 4.79 Å². The number of aromatic nitrogens is 2. The van der Waals surface area contributed by atoms with Crippen molar-refractivity contribution in [2.75, 3.05) is 11.9 Å². The fraction of sp³-hybridized carbons (Fsp3) is 0.389. The van der Waals surface area contributed by atoms with Gasteiger partial charge in [0.25, 0.3) is 5.91 Å². The minimum absolute atomic E-state index is 0.173. The standard InChI is InChI=1S/C18H24N4O/c1-5-14-6-8-15(9-7-14)21-18-20-13(4)10-16(22-18)17(23)19-11-12(2)3/h6-10,12H,5,11H2,1-4H3,(H,19,23)(H,20,21,22). The van der Waals surface area contributed by atoms with Crippen LogP contribution in [0.25, 0.3) is 0 Å². The van der Waals surface area contributed by atoms with E-state index < -0.39 is 0 Å². The lowest BCUT2D eigenvalue weighted by molar-refractivity contribution is 0.0944. The molecule has 0 atom stereocenters. The highest BCUT2D eigenvalue weighted by Crippen LogP contribution is 2.15. The third-order valence-electron chi connectivity index (χ3n) is 3.38. The van der Waals surface area contributed by atoms with Crippen LogP contribution >= 0.6 is 0 Å². The Balaban J connectivity index is 2.14. The molecule has 1 amide bonds. The fourth-order valence-corrected chi connectivity index (χ4v) is 2.08. The predicted octanol–water partition coefficient (Wildman–Crippen LogP) is 3.48. The summed E-state index contributed by atoms with van der Waals surface area (Å²) in [5, 5.41) is 6.03. The van der Waals surface area contributed by atoms with Gasteiger partial charge in [-0.3, -0.25) is 4.79 Å². The van der Waals surface area contributed by atoms with Crippen LogP contribution < -0.4 is 10.6 Å². The third-order valence-corrected chi connectivity index (χ3v) is 3.38. The molecule has 1 heterocycles. The highest BCUT2D eigenvalue weighted by atomic mass is 16.1. The molecule has 0 saturated carbocycles. The molecule has 2 aromatic rings. The number of nitrogens with one attached hydrogen (secondary N) is 2. The van der Waals surface area contributed by atoms with Crippen LogP contribution in [0.15, 0.2) is 30.3 Å². The van der Waals surface area contributed by atoms with Gasteiger partial charge in [0, 0.05) is 17.9 Å². The Labute approximate surface area is 137 Å². The van der Waals surface area contributed by atoms with Gasteiger partial charge in [-0.05, 0) is 43.0 Å². The van der Waals surface area contributed by atoms with E-state index in [2.05, 4.69) is 53.5 Å². The highest BCUT2D eigenvalue weighted by molar-refractivity contribution is 5.92. The lowest BCUT2D eigenvalue weighted by Crippen LogP contribution is -2.28. The van der Waals surface area contributed by atoms with Crippen LogP contribution in [-0.2, 0) is 6.42 Å². The van der Waals surface area contributed by atoms with Crippen molar-refractivity contribution < 1.29 is 4.79 Å². The molecule has 5 nitrogen and oxygen atoms in total. The zero-order valence-electron chi connectivity index (χ0n) is 14.2. The molecule has 0 fully saturated rings. The summed E-state index contributed by atoms with van der Waals surface area (Å²) in [6, 6.07) is 9.80. The maximum atomic E-state index is 12.2. The predicted molar refractivity (Wildman–Crippen MR) is 93.0 cm³/mol. The van der Waals surface area contributed by atoms with Crippen molar-refractivity contribution in [2.24, 2.45) is 5.92 Å². The minimum atomic E-state index is -0.173. The third kappa shape index (κ3) is 5.06. The van der Waals surface area contributed by atoms with Gasteiger partial charge in [-0.1, -0.05) is 32.9 Å². The number of anilines is 2. The largest absolute Gasteiger partial charge is 0.350 e. The van der Waals surface area contributed by atoms with Gasteiger partial charge in [0.05, 0.1) is 0 Å². The Hall–Kier alpha value is -2.43. The number of aryl methyl sites for hydroxylation is 2. The molecule has 1 aromatic heterocycles. The van der Waals surface area contributed by atoms with E-state index in [1.165, 1.54) is 5.56 Å². The van der Waals surface area contributed by atoms with Gasteiger partial charge < -0.3 is 10.6 Å². The second-order valence-electron chi connectivity index (χ2n) is 6.00. The van der Waals surface area contributed by atoms with Crippen molar-refractivity contribution in [3.63, 3.8) is 0 Å². The van der Waals surface area contributed by atoms with Crippen LogP contribution in [0, 0.1) is 12.8 Å². The molecule has 0 saturated heterocycles. The summed E-state index contributed by atoms with van der Waals surface area (Å²) < 4.78 is 0. The van der Waals surface area contributed by atoms with E-state index >= 15 is 0 Å². The van der Waals surface area contributed by atoms with Gasteiger partial charge in [0.2, 0.25) is 5.95 Å². The van der Waals surface area contributed by atoms with Crippen LogP contribution in [0.2, 0.25) is 0 Å². The van der Waals surface area contributed by atoms with Gasteiger partial charge in [0.1, 0.15) is 5.69 Å². The first-order valence-corrected chi connectivity index (χ1v) is 7.97. The Morgan fingerprint density at radius 1 is 1.17 bits per heavy atom. The Bertz CT molecular complexity index is 665. The second kappa shape index (κ2) is 7.72. The fourth-order valence-electron chi connectivity index (χ4n) is 2.08. The zero-order valence-corrected chi connectivity index (χ0v) is 14.2. The van der Waals surface area contributed by atoms with Gasteiger partial charge in [-0.15, -0.1) is 0 Å². The number of carbonyl (C=O) groups excluding carboxylic acids is 1. The van der Waals surface area contributed by atoms with Gasteiger partial charge in [0.15, 0.2) is 0 Å². The molecule has 0 aliphatic carbocycles. The van der Waals surface area contributed by atoms with Crippen molar-refractivity contribution in [2.45, 2.75) is 34.1 Å². The molecule has 0 aliphatic rings. The van der Waals surface area contributed by atoms with Crippen molar-refractivity contribution >= 4 is 17.5 Å². The lowest BCUT2D eigenvalue weighted by Gasteiger charge is -2.10. The zero-order chi connectivity index (χ0) is 16.8. The summed E-state index contributed by atoms with van der Waals surface area (Å²) in [6.45, 7) is 8.71. The van der Waals surface area contributed by atoms with Crippen molar-refractivity contribution in [1.29, 1.82) is 0 Å². The van der Waals surface area contributed by atoms with Crippen LogP contribution in [0.4, 0.5) is 11.6 Å². The Morgan fingerprint density at radius 3 is 2.48 bits per heavy atom. The first-order chi connectivity index (χ1) is 11.0. The molecule has 2 rings (SSSR count). The Morgan fingerprint density at radius 2 is 1.87 bits per heavy atom. The minimum Gasteiger partial charge on any atom is -0.350 e. The van der Waals surface area contributed by atoms with Gasteiger partial charge in [-0.25, -0.2) is 9.97 Å². The van der Waals surface area contributed by atoms with E-state index in [1.807, 2.05) is 19.1 Å². The average Bonchev–Trinajstić information content (AvgIpc) is 2.52. The molecular weight excluding hydrogens is 288 g/mol. The monoisotopic (exact) mass is 312 g/mol. The average molecular weight is 312 g/mol. The molecule has 0 unspecified atom stereocenters. The summed E-state index contributed by atoms with van der Waals surface area (Å²) in [4.78, 5) is 20.8. The molecule has 23 heavy (non-hydrogen) atoms. The number of nitrogens with zero attached hydrogens (tertiary/aromatic N) is 2. The highest BCUT2D eigenvalue weighted by Gasteiger charge is 2.11. The first-order valence-electron chi connectivity index (χ1n) is 7.97. The molecule has 2 N–H and O–H groups in total. The maximum absolute atomic E-state index is 12.2. The van der Waals surface area contributed by atoms with E-state index in [4.69, 9.17) is 0 Å². The quantitative estimate of drug-likeness (QED) is 0.857. The van der Waals surface area contributed by atoms with E-state index in [0.29, 0.717) is 24.1 Å². The van der Waals surface area contributed by atoms with Crippen LogP contribution in [0.5, 0.6) is 0 Å². The summed E-state index contributed by atoms with van der Waals surface area (Å²) in [5.74, 6) is 0.661. The molecule has 0 bridgehead atoms. The molecule has 1 aromatic carbocycles. The SMILES string of the molecule is CCc1ccc(Nc2nc(C)cc(C(=O)NCC(C)C)n2)cc1. The molecular formula is C18H24N4O. The molecule has 0 spiro atoms. The number of benzene rings is 1. The molecule has 0 aliphatic heterocycles. The maximum Gasteiger partial charge on any atom is 0.270 e. The van der Waals surface area contributed by atoms with Gasteiger partial charge in [-0.2, -0.15) is 0 Å². The molecule has 5 heteroatoms. The summed E-state index contributed by atoms with van der Waals surface area (Å²) >= 11 is 0. The number of rotatable bonds is 6. The van der Waals surface area contributed by atoms with Crippen molar-refractivity contribution in [1.82, 2.24) is 15.3 Å². The van der Waals surface area contributed by atoms with Gasteiger partial charge >= 0.3 is 0 Å². The van der Waals surface area contributed by atoms with E-state index in [1.54, 1.807) is 6.07 Å². The molecule has 0 radical (unpaired) electrons. The Kier molecular flexibility index (Phi) is 5.68. The van der Waals surface area contributed by atoms with E-state index in [-0.39, 0.29) is 5.91 Å². The number of hydrogen-bond acceptors (Lipinski definition) is 4. The summed E-state index contributed by atoms with van der Waals surface area (Å²) in [7, 11) is 0. The topological polar surface area (TPSA) is 66.9 Å². The van der Waals surface area contributed by atoms with Crippen LogP contribution in [0.1, 0.15) is 42.5 Å². The number of carbonyl (C=O) groups is 1. The smallest absolute Gasteiger partial charge is 0.270 e. The van der Waals surface area contributed by atoms with Crippen LogP contribution in [-0.4, -0.2) is 22.4 Å². The normalized spacial score (nSPS) is 10.7. The molecule has 122 valence electrons. The van der Waals surface area contributed by atoms with Crippen molar-refractivity contribution in [3.8, 4) is 0 Å². The van der Waals surface area contributed by atoms with E-state index in [0.717, 1.165) is 17.8 Å². The second-order valence-corrected chi connectivity index (χ2v) is 6.00. The lowest BCUT2D eigenvalue weighted by atomic mass is 10.1.